The molecule has 1 nitrogen and oxygen atoms in total. The summed E-state index contributed by atoms with van der Waals surface area (Å²) in [7, 11) is 0. The van der Waals surface area contributed by atoms with Crippen molar-refractivity contribution in [2.45, 2.75) is 27.2 Å². The van der Waals surface area contributed by atoms with Crippen molar-refractivity contribution in [2.75, 3.05) is 0 Å². The number of rotatable bonds is 4. The molecular formula is C17H20O. The lowest BCUT2D eigenvalue weighted by atomic mass is 9.89. The molecule has 2 rings (SSSR count). The van der Waals surface area contributed by atoms with Crippen molar-refractivity contribution in [2.24, 2.45) is 11.8 Å². The van der Waals surface area contributed by atoms with Crippen molar-refractivity contribution in [3.63, 3.8) is 0 Å². The van der Waals surface area contributed by atoms with Crippen LogP contribution in [0.4, 0.5) is 0 Å². The van der Waals surface area contributed by atoms with Crippen molar-refractivity contribution in [3.8, 4) is 0 Å². The summed E-state index contributed by atoms with van der Waals surface area (Å²) in [6, 6.07) is 14.4. The van der Waals surface area contributed by atoms with Gasteiger partial charge in [-0.2, -0.15) is 0 Å². The van der Waals surface area contributed by atoms with Crippen molar-refractivity contribution in [1.29, 1.82) is 0 Å². The van der Waals surface area contributed by atoms with Crippen LogP contribution >= 0.6 is 0 Å². The zero-order valence-corrected chi connectivity index (χ0v) is 11.3. The maximum Gasteiger partial charge on any atom is 0.140 e. The van der Waals surface area contributed by atoms with Gasteiger partial charge in [-0.3, -0.25) is 4.79 Å². The minimum atomic E-state index is 0.129. The van der Waals surface area contributed by atoms with Gasteiger partial charge >= 0.3 is 0 Å². The second-order valence-electron chi connectivity index (χ2n) is 5.31. The molecule has 0 fully saturated rings. The standard InChI is InChI=1S/C17H20O/c1-12(2)13(3)17(18)11-15-9-6-8-14-7-4-5-10-16(14)15/h4-10,12-13H,11H2,1-3H3. The van der Waals surface area contributed by atoms with E-state index in [1.807, 2.05) is 25.1 Å². The molecule has 0 aliphatic carbocycles. The van der Waals surface area contributed by atoms with Crippen LogP contribution in [0.5, 0.6) is 0 Å². The molecule has 0 aromatic heterocycles. The Hall–Kier alpha value is -1.63. The van der Waals surface area contributed by atoms with E-state index in [-0.39, 0.29) is 5.92 Å². The van der Waals surface area contributed by atoms with E-state index in [0.29, 0.717) is 18.1 Å². The summed E-state index contributed by atoms with van der Waals surface area (Å²) in [5.41, 5.74) is 1.14. The predicted octanol–water partition coefficient (Wildman–Crippen LogP) is 4.24. The van der Waals surface area contributed by atoms with Crippen LogP contribution < -0.4 is 0 Å². The number of hydrogen-bond acceptors (Lipinski definition) is 1. The first-order valence-electron chi connectivity index (χ1n) is 6.59. The third-order valence-electron chi connectivity index (χ3n) is 3.75. The minimum Gasteiger partial charge on any atom is -0.299 e. The molecule has 0 aliphatic rings. The van der Waals surface area contributed by atoms with Gasteiger partial charge in [-0.1, -0.05) is 63.2 Å². The molecule has 0 N–H and O–H groups in total. The third kappa shape index (κ3) is 2.61. The van der Waals surface area contributed by atoms with E-state index in [4.69, 9.17) is 0 Å². The molecule has 1 atom stereocenters. The summed E-state index contributed by atoms with van der Waals surface area (Å²) >= 11 is 0. The van der Waals surface area contributed by atoms with Gasteiger partial charge in [0.1, 0.15) is 5.78 Å². The van der Waals surface area contributed by atoms with Gasteiger partial charge in [0.05, 0.1) is 0 Å². The van der Waals surface area contributed by atoms with Gasteiger partial charge in [0.15, 0.2) is 0 Å². The van der Waals surface area contributed by atoms with Gasteiger partial charge in [-0.05, 0) is 22.3 Å². The molecule has 0 saturated heterocycles. The van der Waals surface area contributed by atoms with Gasteiger partial charge in [0.25, 0.3) is 0 Å². The third-order valence-corrected chi connectivity index (χ3v) is 3.75. The summed E-state index contributed by atoms with van der Waals surface area (Å²) in [6.45, 7) is 6.23. The van der Waals surface area contributed by atoms with E-state index in [0.717, 1.165) is 5.56 Å². The van der Waals surface area contributed by atoms with Gasteiger partial charge in [-0.15, -0.1) is 0 Å². The highest BCUT2D eigenvalue weighted by Gasteiger charge is 2.17. The number of benzene rings is 2. The zero-order valence-electron chi connectivity index (χ0n) is 11.3. The summed E-state index contributed by atoms with van der Waals surface area (Å²) in [5.74, 6) is 0.873. The molecule has 0 saturated carbocycles. The normalized spacial score (nSPS) is 12.9. The first-order valence-corrected chi connectivity index (χ1v) is 6.59. The molecule has 18 heavy (non-hydrogen) atoms. The van der Waals surface area contributed by atoms with Crippen LogP contribution in [0.3, 0.4) is 0 Å². The SMILES string of the molecule is CC(C)C(C)C(=O)Cc1cccc2ccccc12. The summed E-state index contributed by atoms with van der Waals surface area (Å²) in [5, 5.41) is 2.41. The molecule has 0 radical (unpaired) electrons. The number of Topliss-reactive ketones (excluding diaryl/α,β-unsaturated/α-hetero) is 1. The van der Waals surface area contributed by atoms with Crippen LogP contribution in [0.15, 0.2) is 42.5 Å². The summed E-state index contributed by atoms with van der Waals surface area (Å²) in [6.07, 6.45) is 0.542. The Bertz CT molecular complexity index is 549. The average molecular weight is 240 g/mol. The van der Waals surface area contributed by atoms with E-state index >= 15 is 0 Å². The zero-order chi connectivity index (χ0) is 13.1. The van der Waals surface area contributed by atoms with Crippen LogP contribution in [-0.2, 0) is 11.2 Å². The number of ketones is 1. The van der Waals surface area contributed by atoms with Gasteiger partial charge in [-0.25, -0.2) is 0 Å². The first kappa shape index (κ1) is 12.8. The van der Waals surface area contributed by atoms with Crippen LogP contribution in [0.1, 0.15) is 26.3 Å². The number of hydrogen-bond donors (Lipinski definition) is 0. The van der Waals surface area contributed by atoms with E-state index in [9.17, 15) is 4.79 Å². The van der Waals surface area contributed by atoms with E-state index in [1.54, 1.807) is 0 Å². The molecular weight excluding hydrogens is 220 g/mol. The van der Waals surface area contributed by atoms with Crippen LogP contribution in [0.2, 0.25) is 0 Å². The lowest BCUT2D eigenvalue weighted by molar-refractivity contribution is -0.122. The number of fused-ring (bicyclic) bond motifs is 1. The second kappa shape index (κ2) is 5.34. The molecule has 0 spiro atoms. The lowest BCUT2D eigenvalue weighted by Gasteiger charge is -2.14. The van der Waals surface area contributed by atoms with E-state index in [1.165, 1.54) is 10.8 Å². The van der Waals surface area contributed by atoms with Gasteiger partial charge in [0, 0.05) is 12.3 Å². The van der Waals surface area contributed by atoms with E-state index in [2.05, 4.69) is 38.1 Å². The molecule has 0 bridgehead atoms. The fraction of sp³-hybridized carbons (Fsp3) is 0.353. The summed E-state index contributed by atoms with van der Waals surface area (Å²) < 4.78 is 0. The minimum absolute atomic E-state index is 0.129. The highest BCUT2D eigenvalue weighted by Crippen LogP contribution is 2.21. The summed E-state index contributed by atoms with van der Waals surface area (Å²) in [4.78, 5) is 12.2. The van der Waals surface area contributed by atoms with Crippen molar-refractivity contribution in [3.05, 3.63) is 48.0 Å². The maximum atomic E-state index is 12.2. The molecule has 2 aromatic carbocycles. The Morgan fingerprint density at radius 2 is 1.67 bits per heavy atom. The molecule has 2 aromatic rings. The number of carbonyl (C=O) groups excluding carboxylic acids is 1. The Labute approximate surface area is 109 Å². The Balaban J connectivity index is 2.30. The Morgan fingerprint density at radius 1 is 1.00 bits per heavy atom. The Kier molecular flexibility index (Phi) is 3.81. The number of carbonyl (C=O) groups is 1. The van der Waals surface area contributed by atoms with Crippen LogP contribution in [-0.4, -0.2) is 5.78 Å². The van der Waals surface area contributed by atoms with Crippen molar-refractivity contribution in [1.82, 2.24) is 0 Å². The first-order chi connectivity index (χ1) is 8.59. The van der Waals surface area contributed by atoms with E-state index < -0.39 is 0 Å². The quantitative estimate of drug-likeness (QED) is 0.781. The lowest BCUT2D eigenvalue weighted by Crippen LogP contribution is -2.18. The average Bonchev–Trinajstić information content (AvgIpc) is 2.38. The molecule has 1 unspecified atom stereocenters. The van der Waals surface area contributed by atoms with Crippen molar-refractivity contribution >= 4 is 16.6 Å². The van der Waals surface area contributed by atoms with Crippen LogP contribution in [0.25, 0.3) is 10.8 Å². The highest BCUT2D eigenvalue weighted by molar-refractivity contribution is 5.91. The van der Waals surface area contributed by atoms with Gasteiger partial charge in [0.2, 0.25) is 0 Å². The van der Waals surface area contributed by atoms with Gasteiger partial charge < -0.3 is 0 Å². The molecule has 0 heterocycles. The molecule has 94 valence electrons. The molecule has 1 heteroatoms. The largest absolute Gasteiger partial charge is 0.299 e. The smallest absolute Gasteiger partial charge is 0.140 e. The molecule has 0 aliphatic heterocycles. The highest BCUT2D eigenvalue weighted by atomic mass is 16.1. The second-order valence-corrected chi connectivity index (χ2v) is 5.31. The predicted molar refractivity (Wildman–Crippen MR) is 76.7 cm³/mol. The fourth-order valence-corrected chi connectivity index (χ4v) is 2.17. The monoisotopic (exact) mass is 240 g/mol. The Morgan fingerprint density at radius 3 is 2.39 bits per heavy atom. The van der Waals surface area contributed by atoms with Crippen molar-refractivity contribution < 1.29 is 4.79 Å². The molecule has 0 amide bonds. The topological polar surface area (TPSA) is 17.1 Å². The van der Waals surface area contributed by atoms with Crippen LogP contribution in [0, 0.1) is 11.8 Å². The maximum absolute atomic E-state index is 12.2. The fourth-order valence-electron chi connectivity index (χ4n) is 2.17.